The van der Waals surface area contributed by atoms with Crippen LogP contribution in [0.4, 0.5) is 0 Å². The van der Waals surface area contributed by atoms with Gasteiger partial charge in [0.05, 0.1) is 5.02 Å². The first-order valence-electron chi connectivity index (χ1n) is 5.35. The van der Waals surface area contributed by atoms with E-state index in [4.69, 9.17) is 16.0 Å². The first-order valence-corrected chi connectivity index (χ1v) is 5.73. The summed E-state index contributed by atoms with van der Waals surface area (Å²) in [6, 6.07) is 7.25. The van der Waals surface area contributed by atoms with Crippen molar-refractivity contribution in [1.82, 2.24) is 0 Å². The minimum Gasteiger partial charge on any atom is -0.451 e. The number of benzene rings is 1. The van der Waals surface area contributed by atoms with Crippen LogP contribution in [0.1, 0.15) is 30.8 Å². The van der Waals surface area contributed by atoms with Gasteiger partial charge >= 0.3 is 0 Å². The quantitative estimate of drug-likeness (QED) is 0.743. The van der Waals surface area contributed by atoms with Crippen LogP contribution in [0.5, 0.6) is 0 Å². The molecule has 0 fully saturated rings. The highest BCUT2D eigenvalue weighted by Crippen LogP contribution is 2.27. The zero-order valence-electron chi connectivity index (χ0n) is 9.29. The highest BCUT2D eigenvalue weighted by atomic mass is 35.5. The van der Waals surface area contributed by atoms with E-state index in [9.17, 15) is 4.79 Å². The number of hydrogen-bond donors (Lipinski definition) is 0. The molecule has 0 saturated carbocycles. The van der Waals surface area contributed by atoms with Crippen molar-refractivity contribution in [3.8, 4) is 0 Å². The molecule has 0 aliphatic rings. The molecule has 0 spiro atoms. The lowest BCUT2D eigenvalue weighted by molar-refractivity contribution is 0.0901. The molecule has 1 aromatic carbocycles. The fourth-order valence-electron chi connectivity index (χ4n) is 1.58. The lowest BCUT2D eigenvalue weighted by Crippen LogP contribution is -2.08. The molecule has 16 heavy (non-hydrogen) atoms. The Bertz CT molecular complexity index is 528. The molecule has 0 aliphatic heterocycles. The maximum Gasteiger partial charge on any atom is 0.200 e. The fourth-order valence-corrected chi connectivity index (χ4v) is 1.80. The normalized spacial score (nSPS) is 12.9. The van der Waals surface area contributed by atoms with Gasteiger partial charge in [-0.2, -0.15) is 0 Å². The average molecular weight is 237 g/mol. The van der Waals surface area contributed by atoms with Crippen molar-refractivity contribution in [2.24, 2.45) is 5.92 Å². The first-order chi connectivity index (χ1) is 7.63. The third-order valence-corrected chi connectivity index (χ3v) is 3.10. The summed E-state index contributed by atoms with van der Waals surface area (Å²) < 4.78 is 5.50. The molecule has 84 valence electrons. The SMILES string of the molecule is CCC(C)C(=O)c1cc2cccc(Cl)c2o1. The maximum atomic E-state index is 11.9. The lowest BCUT2D eigenvalue weighted by Gasteiger charge is -2.02. The molecule has 0 bridgehead atoms. The summed E-state index contributed by atoms with van der Waals surface area (Å²) in [6.45, 7) is 3.88. The van der Waals surface area contributed by atoms with Gasteiger partial charge in [-0.25, -0.2) is 0 Å². The summed E-state index contributed by atoms with van der Waals surface area (Å²) in [7, 11) is 0. The Morgan fingerprint density at radius 1 is 1.50 bits per heavy atom. The van der Waals surface area contributed by atoms with Crippen LogP contribution >= 0.6 is 11.6 Å². The number of rotatable bonds is 3. The number of furan rings is 1. The van der Waals surface area contributed by atoms with Crippen LogP contribution < -0.4 is 0 Å². The molecule has 0 amide bonds. The third-order valence-electron chi connectivity index (χ3n) is 2.80. The number of ketones is 1. The Hall–Kier alpha value is -1.28. The van der Waals surface area contributed by atoms with E-state index in [1.807, 2.05) is 26.0 Å². The van der Waals surface area contributed by atoms with E-state index in [1.54, 1.807) is 12.1 Å². The van der Waals surface area contributed by atoms with Crippen LogP contribution in [0.25, 0.3) is 11.0 Å². The summed E-state index contributed by atoms with van der Waals surface area (Å²) in [5.74, 6) is 0.423. The van der Waals surface area contributed by atoms with Gasteiger partial charge in [0.15, 0.2) is 11.3 Å². The summed E-state index contributed by atoms with van der Waals surface area (Å²) in [6.07, 6.45) is 0.809. The molecular weight excluding hydrogens is 224 g/mol. The van der Waals surface area contributed by atoms with Crippen LogP contribution in [0.2, 0.25) is 5.02 Å². The molecule has 2 aromatic rings. The van der Waals surface area contributed by atoms with Crippen molar-refractivity contribution in [1.29, 1.82) is 0 Å². The molecule has 0 aliphatic carbocycles. The average Bonchev–Trinajstić information content (AvgIpc) is 2.72. The van der Waals surface area contributed by atoms with Crippen molar-refractivity contribution in [2.75, 3.05) is 0 Å². The lowest BCUT2D eigenvalue weighted by atomic mass is 10.0. The third kappa shape index (κ3) is 1.85. The highest BCUT2D eigenvalue weighted by Gasteiger charge is 2.18. The largest absolute Gasteiger partial charge is 0.451 e. The second-order valence-electron chi connectivity index (χ2n) is 3.94. The smallest absolute Gasteiger partial charge is 0.200 e. The van der Waals surface area contributed by atoms with Crippen molar-refractivity contribution in [2.45, 2.75) is 20.3 Å². The van der Waals surface area contributed by atoms with Crippen molar-refractivity contribution in [3.05, 3.63) is 35.0 Å². The van der Waals surface area contributed by atoms with Crippen LogP contribution in [0, 0.1) is 5.92 Å². The van der Waals surface area contributed by atoms with Crippen molar-refractivity contribution in [3.63, 3.8) is 0 Å². The molecule has 0 saturated heterocycles. The number of carbonyl (C=O) groups is 1. The second kappa shape index (κ2) is 4.30. The topological polar surface area (TPSA) is 30.2 Å². The molecule has 2 nitrogen and oxygen atoms in total. The number of hydrogen-bond acceptors (Lipinski definition) is 2. The summed E-state index contributed by atoms with van der Waals surface area (Å²) in [4.78, 5) is 11.9. The summed E-state index contributed by atoms with van der Waals surface area (Å²) >= 11 is 5.98. The van der Waals surface area contributed by atoms with E-state index >= 15 is 0 Å². The standard InChI is InChI=1S/C13H13ClO2/c1-3-8(2)12(15)11-7-9-5-4-6-10(14)13(9)16-11/h4-8H,3H2,1-2H3. The van der Waals surface area contributed by atoms with E-state index in [1.165, 1.54) is 0 Å². The zero-order chi connectivity index (χ0) is 11.7. The first kappa shape index (κ1) is 11.2. The van der Waals surface area contributed by atoms with Crippen LogP contribution in [0.3, 0.4) is 0 Å². The number of Topliss-reactive ketones (excluding diaryl/α,β-unsaturated/α-hetero) is 1. The van der Waals surface area contributed by atoms with Crippen molar-refractivity contribution < 1.29 is 9.21 Å². The number of fused-ring (bicyclic) bond motifs is 1. The fraction of sp³-hybridized carbons (Fsp3) is 0.308. The van der Waals surface area contributed by atoms with Gasteiger partial charge in [-0.1, -0.05) is 37.6 Å². The second-order valence-corrected chi connectivity index (χ2v) is 4.35. The predicted molar refractivity (Wildman–Crippen MR) is 65.0 cm³/mol. The van der Waals surface area contributed by atoms with Gasteiger partial charge in [-0.15, -0.1) is 0 Å². The Morgan fingerprint density at radius 2 is 2.25 bits per heavy atom. The van der Waals surface area contributed by atoms with E-state index in [2.05, 4.69) is 0 Å². The molecule has 1 aromatic heterocycles. The number of carbonyl (C=O) groups excluding carboxylic acids is 1. The Labute approximate surface area is 99.2 Å². The number of para-hydroxylation sites is 1. The molecule has 3 heteroatoms. The van der Waals surface area contributed by atoms with E-state index in [-0.39, 0.29) is 11.7 Å². The predicted octanol–water partition coefficient (Wildman–Crippen LogP) is 4.32. The van der Waals surface area contributed by atoms with Crippen molar-refractivity contribution >= 4 is 28.4 Å². The molecular formula is C13H13ClO2. The van der Waals surface area contributed by atoms with Gasteiger partial charge < -0.3 is 4.42 Å². The van der Waals surface area contributed by atoms with E-state index in [0.29, 0.717) is 16.4 Å². The van der Waals surface area contributed by atoms with Crippen LogP contribution in [0.15, 0.2) is 28.7 Å². The Morgan fingerprint density at radius 3 is 2.88 bits per heavy atom. The minimum absolute atomic E-state index is 0.0145. The molecule has 0 radical (unpaired) electrons. The van der Waals surface area contributed by atoms with Gasteiger partial charge in [0.1, 0.15) is 0 Å². The van der Waals surface area contributed by atoms with Gasteiger partial charge in [0.25, 0.3) is 0 Å². The van der Waals surface area contributed by atoms with Gasteiger partial charge in [0.2, 0.25) is 5.78 Å². The van der Waals surface area contributed by atoms with Crippen LogP contribution in [-0.2, 0) is 0 Å². The molecule has 2 rings (SSSR count). The monoisotopic (exact) mass is 236 g/mol. The van der Waals surface area contributed by atoms with Gasteiger partial charge in [0, 0.05) is 11.3 Å². The Balaban J connectivity index is 2.48. The molecule has 1 unspecified atom stereocenters. The van der Waals surface area contributed by atoms with Gasteiger partial charge in [-0.05, 0) is 18.6 Å². The van der Waals surface area contributed by atoms with Gasteiger partial charge in [-0.3, -0.25) is 4.79 Å². The minimum atomic E-state index is -0.0145. The summed E-state index contributed by atoms with van der Waals surface area (Å²) in [5.41, 5.74) is 0.593. The van der Waals surface area contributed by atoms with E-state index in [0.717, 1.165) is 11.8 Å². The molecule has 1 heterocycles. The highest BCUT2D eigenvalue weighted by molar-refractivity contribution is 6.34. The van der Waals surface area contributed by atoms with E-state index < -0.39 is 0 Å². The zero-order valence-corrected chi connectivity index (χ0v) is 10.0. The number of halogens is 1. The molecule has 0 N–H and O–H groups in total. The molecule has 1 atom stereocenters. The maximum absolute atomic E-state index is 11.9. The summed E-state index contributed by atoms with van der Waals surface area (Å²) in [5, 5.41) is 1.42. The Kier molecular flexibility index (Phi) is 3.01. The van der Waals surface area contributed by atoms with Crippen LogP contribution in [-0.4, -0.2) is 5.78 Å².